The molecule has 1 fully saturated rings. The van der Waals surface area contributed by atoms with Crippen molar-refractivity contribution in [1.29, 1.82) is 0 Å². The lowest BCUT2D eigenvalue weighted by molar-refractivity contribution is 0.0338. The van der Waals surface area contributed by atoms with E-state index in [9.17, 15) is 4.79 Å². The van der Waals surface area contributed by atoms with E-state index in [1.54, 1.807) is 7.11 Å². The summed E-state index contributed by atoms with van der Waals surface area (Å²) < 4.78 is 17.0. The predicted molar refractivity (Wildman–Crippen MR) is 90.9 cm³/mol. The second kappa shape index (κ2) is 7.85. The van der Waals surface area contributed by atoms with Crippen LogP contribution in [0, 0.1) is 12.8 Å². The Hall–Kier alpha value is -1.79. The van der Waals surface area contributed by atoms with E-state index < -0.39 is 0 Å². The van der Waals surface area contributed by atoms with Crippen LogP contribution in [0.3, 0.4) is 0 Å². The van der Waals surface area contributed by atoms with Gasteiger partial charge in [-0.05, 0) is 37.6 Å². The number of carbonyl (C=O) groups is 1. The third kappa shape index (κ3) is 3.82. The fourth-order valence-electron chi connectivity index (χ4n) is 3.29. The molecule has 0 saturated carbocycles. The van der Waals surface area contributed by atoms with Gasteiger partial charge in [0.25, 0.3) is 5.91 Å². The van der Waals surface area contributed by atoms with Gasteiger partial charge in [0.2, 0.25) is 0 Å². The van der Waals surface area contributed by atoms with Crippen molar-refractivity contribution in [2.24, 2.45) is 5.92 Å². The lowest BCUT2D eigenvalue weighted by Gasteiger charge is -2.31. The van der Waals surface area contributed by atoms with E-state index in [0.717, 1.165) is 31.5 Å². The summed E-state index contributed by atoms with van der Waals surface area (Å²) in [6.07, 6.45) is 1.94. The van der Waals surface area contributed by atoms with E-state index in [-0.39, 0.29) is 12.0 Å². The summed E-state index contributed by atoms with van der Waals surface area (Å²) in [6, 6.07) is 3.78. The van der Waals surface area contributed by atoms with Crippen LogP contribution in [0.2, 0.25) is 0 Å². The molecule has 2 aliphatic heterocycles. The zero-order valence-electron chi connectivity index (χ0n) is 14.4. The Morgan fingerprint density at radius 1 is 1.38 bits per heavy atom. The van der Waals surface area contributed by atoms with Crippen LogP contribution in [0.1, 0.15) is 28.8 Å². The molecule has 1 amide bonds. The van der Waals surface area contributed by atoms with Gasteiger partial charge in [-0.3, -0.25) is 4.79 Å². The minimum atomic E-state index is -0.117. The minimum absolute atomic E-state index is 0.117. The van der Waals surface area contributed by atoms with Crippen molar-refractivity contribution in [2.75, 3.05) is 40.0 Å². The molecule has 1 aromatic rings. The normalized spacial score (nSPS) is 23.4. The minimum Gasteiger partial charge on any atom is -0.490 e. The first-order valence-electron chi connectivity index (χ1n) is 8.61. The summed E-state index contributed by atoms with van der Waals surface area (Å²) in [4.78, 5) is 12.7. The number of fused-ring (bicyclic) bond motifs is 1. The number of hydrogen-bond acceptors (Lipinski definition) is 5. The molecule has 2 atom stereocenters. The Kier molecular flexibility index (Phi) is 5.58. The van der Waals surface area contributed by atoms with Crippen LogP contribution in [0.5, 0.6) is 11.5 Å². The van der Waals surface area contributed by atoms with Crippen molar-refractivity contribution in [3.63, 3.8) is 0 Å². The van der Waals surface area contributed by atoms with Gasteiger partial charge in [0, 0.05) is 32.5 Å². The molecule has 6 heteroatoms. The van der Waals surface area contributed by atoms with E-state index in [4.69, 9.17) is 14.2 Å². The summed E-state index contributed by atoms with van der Waals surface area (Å²) in [5.74, 6) is 1.42. The van der Waals surface area contributed by atoms with E-state index >= 15 is 0 Å². The maximum Gasteiger partial charge on any atom is 0.255 e. The standard InChI is InChI=1S/C18H26N2O4/c1-12-8-14(17-15(9-12)23-6-3-7-24-17)18(21)20-10-13-4-5-19-11-16(13)22-2/h8-9,13,16,19H,3-7,10-11H2,1-2H3,(H,20,21)/t13-,16?/m0/s1. The molecule has 3 rings (SSSR count). The van der Waals surface area contributed by atoms with Crippen molar-refractivity contribution in [3.05, 3.63) is 23.3 Å². The Balaban J connectivity index is 1.71. The Bertz CT molecular complexity index is 591. The van der Waals surface area contributed by atoms with E-state index in [0.29, 0.717) is 42.7 Å². The molecule has 2 aliphatic rings. The first kappa shape index (κ1) is 17.0. The Labute approximate surface area is 142 Å². The second-order valence-electron chi connectivity index (χ2n) is 6.43. The number of carbonyl (C=O) groups excluding carboxylic acids is 1. The summed E-state index contributed by atoms with van der Waals surface area (Å²) in [5.41, 5.74) is 1.54. The van der Waals surface area contributed by atoms with Crippen molar-refractivity contribution in [1.82, 2.24) is 10.6 Å². The summed E-state index contributed by atoms with van der Waals surface area (Å²) in [5, 5.41) is 6.36. The van der Waals surface area contributed by atoms with E-state index in [2.05, 4.69) is 10.6 Å². The molecule has 1 aromatic carbocycles. The number of piperidine rings is 1. The number of rotatable bonds is 4. The van der Waals surface area contributed by atoms with Gasteiger partial charge in [-0.25, -0.2) is 0 Å². The largest absolute Gasteiger partial charge is 0.490 e. The van der Waals surface area contributed by atoms with Crippen molar-refractivity contribution in [2.45, 2.75) is 25.9 Å². The number of ether oxygens (including phenoxy) is 3. The molecule has 132 valence electrons. The van der Waals surface area contributed by atoms with Gasteiger partial charge in [-0.15, -0.1) is 0 Å². The van der Waals surface area contributed by atoms with Crippen molar-refractivity contribution in [3.8, 4) is 11.5 Å². The summed E-state index contributed by atoms with van der Waals surface area (Å²) >= 11 is 0. The number of nitrogens with one attached hydrogen (secondary N) is 2. The molecular weight excluding hydrogens is 308 g/mol. The average Bonchev–Trinajstić information content (AvgIpc) is 2.84. The molecule has 0 bridgehead atoms. The highest BCUT2D eigenvalue weighted by Crippen LogP contribution is 2.34. The maximum atomic E-state index is 12.7. The van der Waals surface area contributed by atoms with Crippen LogP contribution in [0.25, 0.3) is 0 Å². The first-order chi connectivity index (χ1) is 11.7. The zero-order chi connectivity index (χ0) is 16.9. The third-order valence-corrected chi connectivity index (χ3v) is 4.63. The highest BCUT2D eigenvalue weighted by molar-refractivity contribution is 5.98. The van der Waals surface area contributed by atoms with Gasteiger partial charge >= 0.3 is 0 Å². The van der Waals surface area contributed by atoms with Crippen molar-refractivity contribution >= 4 is 5.91 Å². The van der Waals surface area contributed by atoms with Gasteiger partial charge in [-0.1, -0.05) is 0 Å². The average molecular weight is 334 g/mol. The van der Waals surface area contributed by atoms with Crippen LogP contribution < -0.4 is 20.1 Å². The van der Waals surface area contributed by atoms with Gasteiger partial charge < -0.3 is 24.8 Å². The Morgan fingerprint density at radius 3 is 3.04 bits per heavy atom. The second-order valence-corrected chi connectivity index (χ2v) is 6.43. The number of amides is 1. The molecule has 24 heavy (non-hydrogen) atoms. The number of methoxy groups -OCH3 is 1. The summed E-state index contributed by atoms with van der Waals surface area (Å²) in [7, 11) is 1.72. The molecule has 0 spiro atoms. The first-order valence-corrected chi connectivity index (χ1v) is 8.61. The van der Waals surface area contributed by atoms with Gasteiger partial charge in [0.1, 0.15) is 0 Å². The van der Waals surface area contributed by atoms with E-state index in [1.165, 1.54) is 0 Å². The molecule has 2 heterocycles. The van der Waals surface area contributed by atoms with Crippen LogP contribution in [-0.4, -0.2) is 52.0 Å². The molecule has 2 N–H and O–H groups in total. The molecule has 0 radical (unpaired) electrons. The van der Waals surface area contributed by atoms with Crippen molar-refractivity contribution < 1.29 is 19.0 Å². The molecule has 1 unspecified atom stereocenters. The van der Waals surface area contributed by atoms with E-state index in [1.807, 2.05) is 19.1 Å². The highest BCUT2D eigenvalue weighted by Gasteiger charge is 2.26. The molecule has 0 aromatic heterocycles. The SMILES string of the molecule is COC1CNCC[C@H]1CNC(=O)c1cc(C)cc2c1OCCCO2. The smallest absolute Gasteiger partial charge is 0.255 e. The van der Waals surface area contributed by atoms with Crippen LogP contribution in [0.15, 0.2) is 12.1 Å². The van der Waals surface area contributed by atoms with Crippen LogP contribution in [-0.2, 0) is 4.74 Å². The molecule has 1 saturated heterocycles. The number of aryl methyl sites for hydroxylation is 1. The predicted octanol–water partition coefficient (Wildman–Crippen LogP) is 1.51. The highest BCUT2D eigenvalue weighted by atomic mass is 16.5. The topological polar surface area (TPSA) is 68.8 Å². The lowest BCUT2D eigenvalue weighted by Crippen LogP contribution is -2.46. The zero-order valence-corrected chi connectivity index (χ0v) is 14.4. The Morgan fingerprint density at radius 2 is 2.21 bits per heavy atom. The molecular formula is C18H26N2O4. The molecule has 6 nitrogen and oxygen atoms in total. The van der Waals surface area contributed by atoms with Gasteiger partial charge in [0.15, 0.2) is 11.5 Å². The van der Waals surface area contributed by atoms with Gasteiger partial charge in [-0.2, -0.15) is 0 Å². The van der Waals surface area contributed by atoms with Crippen LogP contribution >= 0.6 is 0 Å². The molecule has 0 aliphatic carbocycles. The lowest BCUT2D eigenvalue weighted by atomic mass is 9.94. The fourth-order valence-corrected chi connectivity index (χ4v) is 3.29. The van der Waals surface area contributed by atoms with Gasteiger partial charge in [0.05, 0.1) is 24.9 Å². The number of hydrogen-bond donors (Lipinski definition) is 2. The quantitative estimate of drug-likeness (QED) is 0.874. The summed E-state index contributed by atoms with van der Waals surface area (Å²) in [6.45, 7) is 5.52. The third-order valence-electron chi connectivity index (χ3n) is 4.63. The monoisotopic (exact) mass is 334 g/mol. The number of benzene rings is 1. The van der Waals surface area contributed by atoms with Crippen LogP contribution in [0.4, 0.5) is 0 Å². The fraction of sp³-hybridized carbons (Fsp3) is 0.611. The maximum absolute atomic E-state index is 12.7.